The minimum Gasteiger partial charge on any atom is -0.387 e. The van der Waals surface area contributed by atoms with Crippen LogP contribution in [0.15, 0.2) is 6.07 Å². The summed E-state index contributed by atoms with van der Waals surface area (Å²) in [5, 5.41) is 14.3. The Morgan fingerprint density at radius 3 is 2.40 bits per heavy atom. The first-order chi connectivity index (χ1) is 7.08. The highest BCUT2D eigenvalue weighted by Gasteiger charge is 2.16. The molecule has 3 nitrogen and oxygen atoms in total. The molecule has 1 unspecified atom stereocenters. The van der Waals surface area contributed by atoms with Gasteiger partial charge in [-0.05, 0) is 25.3 Å². The minimum absolute atomic E-state index is 0.374. The molecule has 0 aliphatic heterocycles. The smallest absolute Gasteiger partial charge is 0.0959 e. The lowest BCUT2D eigenvalue weighted by molar-refractivity contribution is 0.132. The van der Waals surface area contributed by atoms with Crippen LogP contribution in [0.2, 0.25) is 0 Å². The van der Waals surface area contributed by atoms with Gasteiger partial charge in [-0.15, -0.1) is 0 Å². The Bertz CT molecular complexity index is 303. The molecule has 0 saturated carbocycles. The molecule has 1 heterocycles. The van der Waals surface area contributed by atoms with Crippen molar-refractivity contribution in [3.8, 4) is 0 Å². The van der Waals surface area contributed by atoms with Crippen LogP contribution in [-0.4, -0.2) is 14.9 Å². The topological polar surface area (TPSA) is 38.1 Å². The van der Waals surface area contributed by atoms with E-state index < -0.39 is 0 Å². The van der Waals surface area contributed by atoms with Gasteiger partial charge in [0.15, 0.2) is 0 Å². The average Bonchev–Trinajstić information content (AvgIpc) is 2.54. The van der Waals surface area contributed by atoms with Crippen molar-refractivity contribution in [3.05, 3.63) is 17.5 Å². The van der Waals surface area contributed by atoms with E-state index in [2.05, 4.69) is 18.9 Å². The van der Waals surface area contributed by atoms with Crippen molar-refractivity contribution in [3.63, 3.8) is 0 Å². The molecule has 15 heavy (non-hydrogen) atoms. The molecule has 1 rings (SSSR count). The molecule has 0 fully saturated rings. The summed E-state index contributed by atoms with van der Waals surface area (Å²) in [7, 11) is 1.89. The molecule has 0 radical (unpaired) electrons. The first-order valence-corrected chi connectivity index (χ1v) is 5.77. The third-order valence-electron chi connectivity index (χ3n) is 3.09. The summed E-state index contributed by atoms with van der Waals surface area (Å²) in [5.74, 6) is 0.607. The predicted octanol–water partition coefficient (Wildman–Crippen LogP) is 2.59. The number of nitrogens with zero attached hydrogens (tertiary/aromatic N) is 2. The van der Waals surface area contributed by atoms with Gasteiger partial charge in [0.25, 0.3) is 0 Å². The van der Waals surface area contributed by atoms with Crippen LogP contribution >= 0.6 is 0 Å². The van der Waals surface area contributed by atoms with Crippen molar-refractivity contribution < 1.29 is 5.11 Å². The monoisotopic (exact) mass is 210 g/mol. The van der Waals surface area contributed by atoms with Crippen molar-refractivity contribution in [2.24, 2.45) is 13.0 Å². The SMILES string of the molecule is CCC(CC)CC(O)c1cc(C)nn1C. The van der Waals surface area contributed by atoms with E-state index in [9.17, 15) is 5.11 Å². The Labute approximate surface area is 92.1 Å². The van der Waals surface area contributed by atoms with Gasteiger partial charge in [-0.2, -0.15) is 5.10 Å². The van der Waals surface area contributed by atoms with Gasteiger partial charge in [0.2, 0.25) is 0 Å². The molecule has 0 amide bonds. The zero-order chi connectivity index (χ0) is 11.4. The maximum atomic E-state index is 10.1. The molecule has 3 heteroatoms. The van der Waals surface area contributed by atoms with E-state index in [-0.39, 0.29) is 6.10 Å². The molecule has 0 aliphatic rings. The van der Waals surface area contributed by atoms with E-state index in [1.165, 1.54) is 0 Å². The van der Waals surface area contributed by atoms with Gasteiger partial charge in [-0.1, -0.05) is 26.7 Å². The van der Waals surface area contributed by atoms with Crippen LogP contribution in [-0.2, 0) is 7.05 Å². The van der Waals surface area contributed by atoms with Crippen LogP contribution in [0.25, 0.3) is 0 Å². The van der Waals surface area contributed by atoms with Crippen LogP contribution in [0.1, 0.15) is 50.6 Å². The summed E-state index contributed by atoms with van der Waals surface area (Å²) in [6.45, 7) is 6.30. The van der Waals surface area contributed by atoms with Crippen LogP contribution < -0.4 is 0 Å². The number of aliphatic hydroxyl groups excluding tert-OH is 1. The number of hydrogen-bond donors (Lipinski definition) is 1. The lowest BCUT2D eigenvalue weighted by Gasteiger charge is -2.17. The zero-order valence-corrected chi connectivity index (χ0v) is 10.2. The molecule has 0 aliphatic carbocycles. The Morgan fingerprint density at radius 1 is 1.40 bits per heavy atom. The summed E-state index contributed by atoms with van der Waals surface area (Å²) in [5.41, 5.74) is 1.90. The van der Waals surface area contributed by atoms with E-state index in [1.807, 2.05) is 20.0 Å². The summed E-state index contributed by atoms with van der Waals surface area (Å²) < 4.78 is 1.78. The third kappa shape index (κ3) is 3.06. The Balaban J connectivity index is 2.67. The van der Waals surface area contributed by atoms with E-state index in [1.54, 1.807) is 4.68 Å². The summed E-state index contributed by atoms with van der Waals surface area (Å²) in [6.07, 6.45) is 2.72. The molecule has 1 aromatic heterocycles. The zero-order valence-electron chi connectivity index (χ0n) is 10.2. The Kier molecular flexibility index (Phi) is 4.33. The molecular weight excluding hydrogens is 188 g/mol. The van der Waals surface area contributed by atoms with Gasteiger partial charge in [-0.25, -0.2) is 0 Å². The number of rotatable bonds is 5. The fraction of sp³-hybridized carbons (Fsp3) is 0.750. The molecule has 0 aromatic carbocycles. The molecule has 0 saturated heterocycles. The first-order valence-electron chi connectivity index (χ1n) is 5.77. The first kappa shape index (κ1) is 12.2. The summed E-state index contributed by atoms with van der Waals surface area (Å²) >= 11 is 0. The summed E-state index contributed by atoms with van der Waals surface area (Å²) in [4.78, 5) is 0. The van der Waals surface area contributed by atoms with E-state index in [0.29, 0.717) is 5.92 Å². The lowest BCUT2D eigenvalue weighted by Crippen LogP contribution is -2.10. The highest BCUT2D eigenvalue weighted by atomic mass is 16.3. The third-order valence-corrected chi connectivity index (χ3v) is 3.09. The molecule has 0 bridgehead atoms. The van der Waals surface area contributed by atoms with E-state index in [0.717, 1.165) is 30.7 Å². The van der Waals surface area contributed by atoms with Crippen molar-refractivity contribution in [1.82, 2.24) is 9.78 Å². The van der Waals surface area contributed by atoms with E-state index >= 15 is 0 Å². The molecule has 1 aromatic rings. The van der Waals surface area contributed by atoms with Gasteiger partial charge >= 0.3 is 0 Å². The average molecular weight is 210 g/mol. The van der Waals surface area contributed by atoms with Gasteiger partial charge < -0.3 is 5.11 Å². The van der Waals surface area contributed by atoms with Gasteiger partial charge in [0.05, 0.1) is 17.5 Å². The highest BCUT2D eigenvalue weighted by molar-refractivity contribution is 5.11. The molecule has 0 spiro atoms. The van der Waals surface area contributed by atoms with Crippen LogP contribution in [0, 0.1) is 12.8 Å². The Hall–Kier alpha value is -0.830. The molecule has 1 atom stereocenters. The minimum atomic E-state index is -0.374. The molecular formula is C12H22N2O. The maximum Gasteiger partial charge on any atom is 0.0959 e. The normalized spacial score (nSPS) is 13.5. The fourth-order valence-corrected chi connectivity index (χ4v) is 2.00. The van der Waals surface area contributed by atoms with Crippen molar-refractivity contribution in [1.29, 1.82) is 0 Å². The van der Waals surface area contributed by atoms with Crippen LogP contribution in [0.4, 0.5) is 0 Å². The van der Waals surface area contributed by atoms with Crippen molar-refractivity contribution >= 4 is 0 Å². The van der Waals surface area contributed by atoms with Gasteiger partial charge in [-0.3, -0.25) is 4.68 Å². The van der Waals surface area contributed by atoms with Crippen LogP contribution in [0.3, 0.4) is 0 Å². The Morgan fingerprint density at radius 2 is 2.00 bits per heavy atom. The number of aliphatic hydroxyl groups is 1. The standard InChI is InChI=1S/C12H22N2O/c1-5-10(6-2)8-12(15)11-7-9(3)13-14(11)4/h7,10,12,15H,5-6,8H2,1-4H3. The number of hydrogen-bond acceptors (Lipinski definition) is 2. The van der Waals surface area contributed by atoms with E-state index in [4.69, 9.17) is 0 Å². The van der Waals surface area contributed by atoms with Gasteiger partial charge in [0.1, 0.15) is 0 Å². The second-order valence-corrected chi connectivity index (χ2v) is 4.27. The second-order valence-electron chi connectivity index (χ2n) is 4.27. The highest BCUT2D eigenvalue weighted by Crippen LogP contribution is 2.25. The molecule has 86 valence electrons. The predicted molar refractivity (Wildman–Crippen MR) is 61.6 cm³/mol. The number of aromatic nitrogens is 2. The summed E-state index contributed by atoms with van der Waals surface area (Å²) in [6, 6.07) is 1.97. The quantitative estimate of drug-likeness (QED) is 0.811. The van der Waals surface area contributed by atoms with Gasteiger partial charge in [0, 0.05) is 7.05 Å². The fourth-order valence-electron chi connectivity index (χ4n) is 2.00. The maximum absolute atomic E-state index is 10.1. The second kappa shape index (κ2) is 5.31. The lowest BCUT2D eigenvalue weighted by atomic mass is 9.95. The van der Waals surface area contributed by atoms with Crippen molar-refractivity contribution in [2.75, 3.05) is 0 Å². The largest absolute Gasteiger partial charge is 0.387 e. The molecule has 1 N–H and O–H groups in total. The van der Waals surface area contributed by atoms with Crippen LogP contribution in [0.5, 0.6) is 0 Å². The number of aryl methyl sites for hydroxylation is 2. The van der Waals surface area contributed by atoms with Crippen molar-refractivity contribution in [2.45, 2.75) is 46.1 Å².